The van der Waals surface area contributed by atoms with Gasteiger partial charge in [-0.2, -0.15) is 5.10 Å². The Kier molecular flexibility index (Phi) is 7.82. The normalized spacial score (nSPS) is 13.4. The van der Waals surface area contributed by atoms with Gasteiger partial charge < -0.3 is 15.4 Å². The number of carbonyl (C=O) groups excluding carboxylic acids is 3. The molecule has 0 bridgehead atoms. The topological polar surface area (TPSA) is 102 Å². The van der Waals surface area contributed by atoms with Crippen LogP contribution >= 0.6 is 11.6 Å². The molecule has 1 heterocycles. The number of rotatable bonds is 8. The number of benzene rings is 2. The maximum atomic E-state index is 12.7. The first-order valence-electron chi connectivity index (χ1n) is 11.6. The molecule has 2 N–H and O–H groups in total. The zero-order valence-electron chi connectivity index (χ0n) is 19.4. The Hall–Kier alpha value is -3.65. The molecular weight excluding hydrogens is 468 g/mol. The van der Waals surface area contributed by atoms with Crippen LogP contribution in [-0.2, 0) is 16.1 Å². The number of hydrogen-bond acceptors (Lipinski definition) is 5. The summed E-state index contributed by atoms with van der Waals surface area (Å²) in [6, 6.07) is 16.5. The minimum absolute atomic E-state index is 0.117. The van der Waals surface area contributed by atoms with Crippen LogP contribution in [0.4, 0.5) is 5.69 Å². The van der Waals surface area contributed by atoms with Crippen molar-refractivity contribution in [2.75, 3.05) is 11.9 Å². The predicted octanol–water partition coefficient (Wildman–Crippen LogP) is 4.36. The number of hydrogen-bond donors (Lipinski definition) is 2. The molecule has 35 heavy (non-hydrogen) atoms. The van der Waals surface area contributed by atoms with Gasteiger partial charge in [-0.25, -0.2) is 9.48 Å². The number of para-hydroxylation sites is 1. The maximum absolute atomic E-state index is 12.7. The second kappa shape index (κ2) is 11.2. The van der Waals surface area contributed by atoms with Gasteiger partial charge in [0.15, 0.2) is 6.61 Å². The van der Waals surface area contributed by atoms with Crippen LogP contribution in [0.5, 0.6) is 0 Å². The van der Waals surface area contributed by atoms with Gasteiger partial charge in [0, 0.05) is 6.04 Å². The van der Waals surface area contributed by atoms with E-state index in [0.29, 0.717) is 23.5 Å². The molecule has 1 aliphatic carbocycles. The molecule has 0 radical (unpaired) electrons. The van der Waals surface area contributed by atoms with Crippen LogP contribution in [0.2, 0.25) is 5.15 Å². The van der Waals surface area contributed by atoms with Crippen LogP contribution in [-0.4, -0.2) is 40.2 Å². The van der Waals surface area contributed by atoms with Crippen molar-refractivity contribution in [1.82, 2.24) is 15.1 Å². The summed E-state index contributed by atoms with van der Waals surface area (Å²) in [6.45, 7) is 1.52. The van der Waals surface area contributed by atoms with Crippen molar-refractivity contribution < 1.29 is 19.1 Å². The Balaban J connectivity index is 1.36. The van der Waals surface area contributed by atoms with Crippen molar-refractivity contribution in [3.8, 4) is 0 Å². The lowest BCUT2D eigenvalue weighted by atomic mass is 10.1. The number of amides is 2. The zero-order chi connectivity index (χ0) is 24.8. The summed E-state index contributed by atoms with van der Waals surface area (Å²) < 4.78 is 6.72. The fourth-order valence-corrected chi connectivity index (χ4v) is 4.47. The van der Waals surface area contributed by atoms with E-state index in [4.69, 9.17) is 16.3 Å². The molecule has 0 aliphatic heterocycles. The van der Waals surface area contributed by atoms with Gasteiger partial charge >= 0.3 is 5.97 Å². The van der Waals surface area contributed by atoms with Gasteiger partial charge in [-0.3, -0.25) is 9.59 Å². The van der Waals surface area contributed by atoms with E-state index in [9.17, 15) is 14.4 Å². The van der Waals surface area contributed by atoms with Gasteiger partial charge in [-0.05, 0) is 37.5 Å². The summed E-state index contributed by atoms with van der Waals surface area (Å²) in [7, 11) is 0. The van der Waals surface area contributed by atoms with E-state index in [-0.39, 0.29) is 22.7 Å². The number of ether oxygens (including phenoxy) is 1. The van der Waals surface area contributed by atoms with E-state index in [1.54, 1.807) is 31.2 Å². The minimum atomic E-state index is -0.741. The molecule has 9 heteroatoms. The molecular formula is C26H27ClN4O4. The SMILES string of the molecule is Cc1nn(Cc2ccccc2)c(Cl)c1C(=O)OCC(=O)Nc1ccccc1C(=O)NC1CCCC1. The Morgan fingerprint density at radius 2 is 1.74 bits per heavy atom. The van der Waals surface area contributed by atoms with Crippen LogP contribution in [0.3, 0.4) is 0 Å². The van der Waals surface area contributed by atoms with E-state index in [0.717, 1.165) is 31.2 Å². The maximum Gasteiger partial charge on any atom is 0.343 e. The molecule has 1 fully saturated rings. The first kappa shape index (κ1) is 24.5. The number of carbonyl (C=O) groups is 3. The molecule has 2 amide bonds. The third-order valence-corrected chi connectivity index (χ3v) is 6.30. The van der Waals surface area contributed by atoms with Crippen molar-refractivity contribution in [3.05, 3.63) is 82.1 Å². The molecule has 1 aromatic heterocycles. The van der Waals surface area contributed by atoms with Crippen molar-refractivity contribution >= 4 is 35.1 Å². The lowest BCUT2D eigenvalue weighted by Crippen LogP contribution is -2.33. The molecule has 4 rings (SSSR count). The molecule has 8 nitrogen and oxygen atoms in total. The van der Waals surface area contributed by atoms with Crippen LogP contribution in [0.15, 0.2) is 54.6 Å². The lowest BCUT2D eigenvalue weighted by Gasteiger charge is -2.15. The van der Waals surface area contributed by atoms with Gasteiger partial charge in [-0.1, -0.05) is 66.9 Å². The molecule has 1 aliphatic rings. The molecule has 0 unspecified atom stereocenters. The average Bonchev–Trinajstić information content (AvgIpc) is 3.46. The van der Waals surface area contributed by atoms with Crippen molar-refractivity contribution in [2.45, 2.75) is 45.2 Å². The highest BCUT2D eigenvalue weighted by molar-refractivity contribution is 6.32. The van der Waals surface area contributed by atoms with E-state index < -0.39 is 18.5 Å². The minimum Gasteiger partial charge on any atom is -0.452 e. The van der Waals surface area contributed by atoms with E-state index >= 15 is 0 Å². The molecule has 0 atom stereocenters. The molecule has 3 aromatic rings. The Morgan fingerprint density at radius 3 is 2.49 bits per heavy atom. The summed E-state index contributed by atoms with van der Waals surface area (Å²) in [5.74, 6) is -1.54. The Labute approximate surface area is 208 Å². The number of esters is 1. The number of anilines is 1. The summed E-state index contributed by atoms with van der Waals surface area (Å²) in [5, 5.41) is 10.1. The fourth-order valence-electron chi connectivity index (χ4n) is 4.16. The number of halogens is 1. The molecule has 2 aromatic carbocycles. The lowest BCUT2D eigenvalue weighted by molar-refractivity contribution is -0.119. The smallest absolute Gasteiger partial charge is 0.343 e. The standard InChI is InChI=1S/C26H27ClN4O4/c1-17-23(24(27)31(30-17)15-18-9-3-2-4-10-18)26(34)35-16-22(32)29-21-14-8-7-13-20(21)25(33)28-19-11-5-6-12-19/h2-4,7-10,13-14,19H,5-6,11-12,15-16H2,1H3,(H,28,33)(H,29,32). The number of nitrogens with zero attached hydrogens (tertiary/aromatic N) is 2. The summed E-state index contributed by atoms with van der Waals surface area (Å²) in [6.07, 6.45) is 4.12. The second-order valence-corrected chi connectivity index (χ2v) is 8.88. The monoisotopic (exact) mass is 494 g/mol. The van der Waals surface area contributed by atoms with Gasteiger partial charge in [-0.15, -0.1) is 0 Å². The molecule has 1 saturated carbocycles. The average molecular weight is 495 g/mol. The second-order valence-electron chi connectivity index (χ2n) is 8.52. The summed E-state index contributed by atoms with van der Waals surface area (Å²) >= 11 is 6.40. The number of aromatic nitrogens is 2. The third-order valence-electron chi connectivity index (χ3n) is 5.92. The fraction of sp³-hybridized carbons (Fsp3) is 0.308. The summed E-state index contributed by atoms with van der Waals surface area (Å²) in [4.78, 5) is 37.9. The molecule has 182 valence electrons. The van der Waals surface area contributed by atoms with Crippen LogP contribution < -0.4 is 10.6 Å². The predicted molar refractivity (Wildman–Crippen MR) is 133 cm³/mol. The molecule has 0 spiro atoms. The molecule has 0 saturated heterocycles. The van der Waals surface area contributed by atoms with Gasteiger partial charge in [0.1, 0.15) is 10.7 Å². The first-order chi connectivity index (χ1) is 16.9. The van der Waals surface area contributed by atoms with Crippen LogP contribution in [0.1, 0.15) is 57.7 Å². The number of nitrogens with one attached hydrogen (secondary N) is 2. The van der Waals surface area contributed by atoms with Crippen LogP contribution in [0, 0.1) is 6.92 Å². The van der Waals surface area contributed by atoms with Crippen molar-refractivity contribution in [3.63, 3.8) is 0 Å². The first-order valence-corrected chi connectivity index (χ1v) is 11.9. The zero-order valence-corrected chi connectivity index (χ0v) is 20.2. The van der Waals surface area contributed by atoms with E-state index in [2.05, 4.69) is 15.7 Å². The Bertz CT molecular complexity index is 1220. The highest BCUT2D eigenvalue weighted by Crippen LogP contribution is 2.23. The van der Waals surface area contributed by atoms with Gasteiger partial charge in [0.25, 0.3) is 11.8 Å². The quantitative estimate of drug-likeness (QED) is 0.453. The van der Waals surface area contributed by atoms with Crippen molar-refractivity contribution in [1.29, 1.82) is 0 Å². The highest BCUT2D eigenvalue weighted by Gasteiger charge is 2.23. The number of aryl methyl sites for hydroxylation is 1. The van der Waals surface area contributed by atoms with Gasteiger partial charge in [0.05, 0.1) is 23.5 Å². The summed E-state index contributed by atoms with van der Waals surface area (Å²) in [5.41, 5.74) is 2.22. The van der Waals surface area contributed by atoms with E-state index in [1.165, 1.54) is 4.68 Å². The Morgan fingerprint density at radius 1 is 1.06 bits per heavy atom. The largest absolute Gasteiger partial charge is 0.452 e. The van der Waals surface area contributed by atoms with E-state index in [1.807, 2.05) is 30.3 Å². The van der Waals surface area contributed by atoms with Crippen LogP contribution in [0.25, 0.3) is 0 Å². The van der Waals surface area contributed by atoms with Gasteiger partial charge in [0.2, 0.25) is 0 Å². The highest BCUT2D eigenvalue weighted by atomic mass is 35.5. The third kappa shape index (κ3) is 6.08. The van der Waals surface area contributed by atoms with Crippen molar-refractivity contribution in [2.24, 2.45) is 0 Å².